The Morgan fingerprint density at radius 2 is 1.93 bits per heavy atom. The number of aliphatic carboxylic acids is 1. The van der Waals surface area contributed by atoms with Crippen LogP contribution >= 0.6 is 0 Å². The fourth-order valence-electron chi connectivity index (χ4n) is 2.24. The molecule has 4 nitrogen and oxygen atoms in total. The predicted molar refractivity (Wildman–Crippen MR) is 57.8 cm³/mol. The van der Waals surface area contributed by atoms with E-state index in [1.807, 2.05) is 11.9 Å². The van der Waals surface area contributed by atoms with Crippen LogP contribution in [0.25, 0.3) is 0 Å². The van der Waals surface area contributed by atoms with Crippen molar-refractivity contribution in [2.45, 2.75) is 44.1 Å². The summed E-state index contributed by atoms with van der Waals surface area (Å²) in [5.41, 5.74) is -0.578. The third-order valence-corrected chi connectivity index (χ3v) is 3.06. The largest absolute Gasteiger partial charge is 0.481 e. The van der Waals surface area contributed by atoms with Gasteiger partial charge >= 0.3 is 5.97 Å². The molecule has 0 atom stereocenters. The number of carbonyl (C=O) groups is 1. The van der Waals surface area contributed by atoms with Crippen LogP contribution in [0.5, 0.6) is 0 Å². The number of nitrogens with zero attached hydrogens (tertiary/aromatic N) is 1. The van der Waals surface area contributed by atoms with Crippen molar-refractivity contribution >= 4 is 5.97 Å². The van der Waals surface area contributed by atoms with E-state index in [0.29, 0.717) is 13.1 Å². The zero-order chi connectivity index (χ0) is 11.3. The normalized spacial score (nSPS) is 20.5. The van der Waals surface area contributed by atoms with E-state index in [-0.39, 0.29) is 6.42 Å². The summed E-state index contributed by atoms with van der Waals surface area (Å²) in [4.78, 5) is 12.3. The van der Waals surface area contributed by atoms with Gasteiger partial charge in [-0.25, -0.2) is 0 Å². The quantitative estimate of drug-likeness (QED) is 0.720. The maximum Gasteiger partial charge on any atom is 0.304 e. The van der Waals surface area contributed by atoms with Crippen LogP contribution in [0.15, 0.2) is 0 Å². The molecule has 0 bridgehead atoms. The molecular weight excluding hydrogens is 194 g/mol. The lowest BCUT2D eigenvalue weighted by Gasteiger charge is -2.35. The highest BCUT2D eigenvalue weighted by atomic mass is 16.4. The maximum atomic E-state index is 10.4. The average Bonchev–Trinajstić information content (AvgIpc) is 2.15. The van der Waals surface area contributed by atoms with Crippen molar-refractivity contribution in [3.8, 4) is 0 Å². The molecule has 1 saturated carbocycles. The van der Waals surface area contributed by atoms with Gasteiger partial charge in [-0.15, -0.1) is 0 Å². The first-order valence-electron chi connectivity index (χ1n) is 5.65. The van der Waals surface area contributed by atoms with Crippen LogP contribution in [0, 0.1) is 0 Å². The van der Waals surface area contributed by atoms with Crippen molar-refractivity contribution in [2.24, 2.45) is 0 Å². The molecule has 1 fully saturated rings. The lowest BCUT2D eigenvalue weighted by Crippen LogP contribution is -2.43. The Balaban J connectivity index is 2.28. The Morgan fingerprint density at radius 1 is 1.33 bits per heavy atom. The summed E-state index contributed by atoms with van der Waals surface area (Å²) in [6.07, 6.45) is 5.23. The molecule has 0 aliphatic heterocycles. The van der Waals surface area contributed by atoms with Crippen LogP contribution in [0.4, 0.5) is 0 Å². The van der Waals surface area contributed by atoms with E-state index in [2.05, 4.69) is 0 Å². The molecule has 1 aliphatic rings. The second-order valence-electron chi connectivity index (χ2n) is 4.67. The number of carboxylic acid groups (broad SMARTS) is 1. The summed E-state index contributed by atoms with van der Waals surface area (Å²) in [7, 11) is 1.87. The van der Waals surface area contributed by atoms with E-state index < -0.39 is 11.6 Å². The van der Waals surface area contributed by atoms with E-state index in [0.717, 1.165) is 25.7 Å². The van der Waals surface area contributed by atoms with Gasteiger partial charge in [-0.2, -0.15) is 0 Å². The van der Waals surface area contributed by atoms with Crippen molar-refractivity contribution in [1.29, 1.82) is 0 Å². The van der Waals surface area contributed by atoms with Crippen LogP contribution in [-0.4, -0.2) is 46.8 Å². The topological polar surface area (TPSA) is 60.8 Å². The van der Waals surface area contributed by atoms with Crippen molar-refractivity contribution < 1.29 is 15.0 Å². The van der Waals surface area contributed by atoms with E-state index >= 15 is 0 Å². The highest BCUT2D eigenvalue weighted by Crippen LogP contribution is 2.28. The lowest BCUT2D eigenvalue weighted by molar-refractivity contribution is -0.137. The third kappa shape index (κ3) is 4.62. The molecule has 0 aromatic heterocycles. The van der Waals surface area contributed by atoms with E-state index in [1.165, 1.54) is 6.42 Å². The molecule has 1 aliphatic carbocycles. The first kappa shape index (κ1) is 12.5. The molecule has 0 saturated heterocycles. The molecule has 0 aromatic rings. The molecule has 0 heterocycles. The number of likely N-dealkylation sites (N-methyl/N-ethyl adjacent to an activating group) is 1. The highest BCUT2D eigenvalue weighted by molar-refractivity contribution is 5.66. The van der Waals surface area contributed by atoms with Crippen molar-refractivity contribution in [1.82, 2.24) is 4.90 Å². The molecule has 0 unspecified atom stereocenters. The van der Waals surface area contributed by atoms with Crippen molar-refractivity contribution in [2.75, 3.05) is 20.1 Å². The van der Waals surface area contributed by atoms with Crippen LogP contribution in [0.1, 0.15) is 38.5 Å². The van der Waals surface area contributed by atoms with Gasteiger partial charge in [-0.3, -0.25) is 4.79 Å². The SMILES string of the molecule is CN(CCC(=O)O)CC1(O)CCCCC1. The maximum absolute atomic E-state index is 10.4. The number of rotatable bonds is 5. The average molecular weight is 215 g/mol. The van der Waals surface area contributed by atoms with Crippen LogP contribution in [0.2, 0.25) is 0 Å². The monoisotopic (exact) mass is 215 g/mol. The highest BCUT2D eigenvalue weighted by Gasteiger charge is 2.30. The zero-order valence-electron chi connectivity index (χ0n) is 9.41. The molecule has 1 rings (SSSR count). The third-order valence-electron chi connectivity index (χ3n) is 3.06. The minimum atomic E-state index is -0.780. The minimum absolute atomic E-state index is 0.145. The predicted octanol–water partition coefficient (Wildman–Crippen LogP) is 1.09. The van der Waals surface area contributed by atoms with E-state index in [4.69, 9.17) is 5.11 Å². The van der Waals surface area contributed by atoms with Gasteiger partial charge in [-0.05, 0) is 19.9 Å². The number of hydrogen-bond acceptors (Lipinski definition) is 3. The number of carboxylic acids is 1. The van der Waals surface area contributed by atoms with Gasteiger partial charge in [0.2, 0.25) is 0 Å². The Morgan fingerprint density at radius 3 is 2.47 bits per heavy atom. The van der Waals surface area contributed by atoms with Crippen LogP contribution in [-0.2, 0) is 4.79 Å². The number of hydrogen-bond donors (Lipinski definition) is 2. The standard InChI is InChI=1S/C11H21NO3/c1-12(8-5-10(13)14)9-11(15)6-3-2-4-7-11/h15H,2-9H2,1H3,(H,13,14). The van der Waals surface area contributed by atoms with Crippen molar-refractivity contribution in [3.05, 3.63) is 0 Å². The Kier molecular flexibility index (Phi) is 4.54. The first-order chi connectivity index (χ1) is 7.02. The second kappa shape index (κ2) is 5.47. The molecule has 0 spiro atoms. The van der Waals surface area contributed by atoms with Crippen molar-refractivity contribution in [3.63, 3.8) is 0 Å². The lowest BCUT2D eigenvalue weighted by atomic mass is 9.84. The van der Waals surface area contributed by atoms with Crippen LogP contribution < -0.4 is 0 Å². The van der Waals surface area contributed by atoms with Crippen LogP contribution in [0.3, 0.4) is 0 Å². The van der Waals surface area contributed by atoms with E-state index in [1.54, 1.807) is 0 Å². The Labute approximate surface area is 90.9 Å². The molecule has 4 heteroatoms. The van der Waals surface area contributed by atoms with Gasteiger partial charge < -0.3 is 15.1 Å². The molecule has 0 radical (unpaired) electrons. The molecular formula is C11H21NO3. The molecule has 88 valence electrons. The van der Waals surface area contributed by atoms with Gasteiger partial charge in [0, 0.05) is 13.1 Å². The summed E-state index contributed by atoms with van der Waals surface area (Å²) in [5, 5.41) is 18.8. The fraction of sp³-hybridized carbons (Fsp3) is 0.909. The summed E-state index contributed by atoms with van der Waals surface area (Å²) in [5.74, 6) is -0.780. The van der Waals surface area contributed by atoms with Gasteiger partial charge in [0.05, 0.1) is 12.0 Å². The summed E-state index contributed by atoms with van der Waals surface area (Å²) < 4.78 is 0. The fourth-order valence-corrected chi connectivity index (χ4v) is 2.24. The summed E-state index contributed by atoms with van der Waals surface area (Å²) in [6, 6.07) is 0. The Bertz CT molecular complexity index is 212. The molecule has 15 heavy (non-hydrogen) atoms. The smallest absolute Gasteiger partial charge is 0.304 e. The summed E-state index contributed by atoms with van der Waals surface area (Å²) in [6.45, 7) is 1.11. The minimum Gasteiger partial charge on any atom is -0.481 e. The van der Waals surface area contributed by atoms with E-state index in [9.17, 15) is 9.90 Å². The zero-order valence-corrected chi connectivity index (χ0v) is 9.41. The second-order valence-corrected chi connectivity index (χ2v) is 4.67. The van der Waals surface area contributed by atoms with Gasteiger partial charge in [0.25, 0.3) is 0 Å². The van der Waals surface area contributed by atoms with Gasteiger partial charge in [0.1, 0.15) is 0 Å². The van der Waals surface area contributed by atoms with Gasteiger partial charge in [-0.1, -0.05) is 19.3 Å². The first-order valence-corrected chi connectivity index (χ1v) is 5.65. The number of aliphatic hydroxyl groups is 1. The van der Waals surface area contributed by atoms with Gasteiger partial charge in [0.15, 0.2) is 0 Å². The Hall–Kier alpha value is -0.610. The summed E-state index contributed by atoms with van der Waals surface area (Å²) >= 11 is 0. The molecule has 0 aromatic carbocycles. The molecule has 0 amide bonds. The molecule has 2 N–H and O–H groups in total.